The molecule has 1 aromatic rings. The molecule has 0 aliphatic carbocycles. The number of benzene rings is 1. The fourth-order valence-corrected chi connectivity index (χ4v) is 5.09. The summed E-state index contributed by atoms with van der Waals surface area (Å²) in [6.07, 6.45) is 3.91. The second-order valence-corrected chi connectivity index (χ2v) is 9.11. The molecule has 27 heavy (non-hydrogen) atoms. The van der Waals surface area contributed by atoms with Gasteiger partial charge in [0.25, 0.3) is 0 Å². The van der Waals surface area contributed by atoms with Crippen LogP contribution in [0.25, 0.3) is 0 Å². The number of amides is 1. The highest BCUT2D eigenvalue weighted by Crippen LogP contribution is 2.28. The molecule has 6 nitrogen and oxygen atoms in total. The lowest BCUT2D eigenvalue weighted by Crippen LogP contribution is -2.42. The summed E-state index contributed by atoms with van der Waals surface area (Å²) in [6, 6.07) is 5.38. The predicted molar refractivity (Wildman–Crippen MR) is 104 cm³/mol. The Labute approximate surface area is 166 Å². The van der Waals surface area contributed by atoms with Gasteiger partial charge in [0.15, 0.2) is 0 Å². The van der Waals surface area contributed by atoms with Gasteiger partial charge in [-0.25, -0.2) is 17.1 Å². The molecule has 2 atom stereocenters. The molecule has 1 amide bonds. The summed E-state index contributed by atoms with van der Waals surface area (Å²) in [5, 5.41) is 3.37. The number of nitrogens with one attached hydrogen (secondary N) is 1. The van der Waals surface area contributed by atoms with E-state index in [1.165, 1.54) is 23.5 Å². The molecule has 2 unspecified atom stereocenters. The fraction of sp³-hybridized carbons (Fsp3) is 0.611. The van der Waals surface area contributed by atoms with Crippen LogP contribution in [0.1, 0.15) is 32.1 Å². The normalized spacial score (nSPS) is 22.4. The number of carbonyl (C=O) groups is 1. The molecular weight excluding hydrogens is 393 g/mol. The van der Waals surface area contributed by atoms with E-state index >= 15 is 0 Å². The first-order valence-electron chi connectivity index (χ1n) is 9.13. The van der Waals surface area contributed by atoms with Gasteiger partial charge in [-0.05, 0) is 56.5 Å². The SMILES string of the molecule is CN(CCCC(=O)N1C2CCNCC1CC2)S(=O)(=O)c1ccc(F)cc1.Cl. The van der Waals surface area contributed by atoms with Gasteiger partial charge in [0.1, 0.15) is 5.82 Å². The minimum absolute atomic E-state index is 0. The van der Waals surface area contributed by atoms with Gasteiger partial charge in [-0.2, -0.15) is 0 Å². The molecule has 0 spiro atoms. The number of carbonyl (C=O) groups excluding carboxylic acids is 1. The van der Waals surface area contributed by atoms with Crippen LogP contribution in [0.5, 0.6) is 0 Å². The maximum Gasteiger partial charge on any atom is 0.242 e. The minimum atomic E-state index is -3.66. The molecule has 1 N–H and O–H groups in total. The summed E-state index contributed by atoms with van der Waals surface area (Å²) in [4.78, 5) is 14.7. The summed E-state index contributed by atoms with van der Waals surface area (Å²) < 4.78 is 39.2. The van der Waals surface area contributed by atoms with Gasteiger partial charge in [0.05, 0.1) is 4.90 Å². The predicted octanol–water partition coefficient (Wildman–Crippen LogP) is 2.00. The summed E-state index contributed by atoms with van der Waals surface area (Å²) in [7, 11) is -2.17. The first-order valence-corrected chi connectivity index (χ1v) is 10.6. The third-order valence-electron chi connectivity index (χ3n) is 5.33. The van der Waals surface area contributed by atoms with E-state index in [1.54, 1.807) is 0 Å². The van der Waals surface area contributed by atoms with Crippen molar-refractivity contribution in [2.45, 2.75) is 49.1 Å². The number of fused-ring (bicyclic) bond motifs is 2. The van der Waals surface area contributed by atoms with E-state index in [0.29, 0.717) is 18.9 Å². The quantitative estimate of drug-likeness (QED) is 0.765. The lowest BCUT2D eigenvalue weighted by atomic mass is 10.1. The summed E-state index contributed by atoms with van der Waals surface area (Å²) in [5.41, 5.74) is 0. The van der Waals surface area contributed by atoms with E-state index < -0.39 is 15.8 Å². The number of sulfonamides is 1. The first-order chi connectivity index (χ1) is 12.4. The van der Waals surface area contributed by atoms with Gasteiger partial charge in [0, 0.05) is 38.6 Å². The second-order valence-electron chi connectivity index (χ2n) is 7.06. The topological polar surface area (TPSA) is 69.7 Å². The second kappa shape index (κ2) is 9.32. The Kier molecular flexibility index (Phi) is 7.62. The first kappa shape index (κ1) is 22.1. The number of hydrogen-bond acceptors (Lipinski definition) is 4. The number of hydrogen-bond donors (Lipinski definition) is 1. The zero-order chi connectivity index (χ0) is 18.7. The average Bonchev–Trinajstić information content (AvgIpc) is 2.87. The molecule has 9 heteroatoms. The van der Waals surface area contributed by atoms with Gasteiger partial charge in [-0.3, -0.25) is 4.79 Å². The number of nitrogens with zero attached hydrogens (tertiary/aromatic N) is 2. The Balaban J connectivity index is 0.00000261. The van der Waals surface area contributed by atoms with Crippen LogP contribution < -0.4 is 5.32 Å². The van der Waals surface area contributed by atoms with Crippen molar-refractivity contribution in [3.63, 3.8) is 0 Å². The van der Waals surface area contributed by atoms with E-state index in [9.17, 15) is 17.6 Å². The molecule has 0 radical (unpaired) electrons. The van der Waals surface area contributed by atoms with Crippen LogP contribution in [0.2, 0.25) is 0 Å². The van der Waals surface area contributed by atoms with E-state index in [1.807, 2.05) is 4.90 Å². The molecule has 2 aliphatic heterocycles. The molecule has 2 aliphatic rings. The molecule has 3 rings (SSSR count). The van der Waals surface area contributed by atoms with E-state index in [4.69, 9.17) is 0 Å². The molecule has 0 aromatic heterocycles. The van der Waals surface area contributed by atoms with Gasteiger partial charge in [0.2, 0.25) is 15.9 Å². The van der Waals surface area contributed by atoms with Gasteiger partial charge < -0.3 is 10.2 Å². The molecule has 2 saturated heterocycles. The molecule has 2 bridgehead atoms. The van der Waals surface area contributed by atoms with Crippen LogP contribution in [0, 0.1) is 5.82 Å². The van der Waals surface area contributed by atoms with Crippen LogP contribution in [0.4, 0.5) is 4.39 Å². The lowest BCUT2D eigenvalue weighted by molar-refractivity contribution is -0.133. The van der Waals surface area contributed by atoms with Gasteiger partial charge in [-0.1, -0.05) is 0 Å². The Bertz CT molecular complexity index is 731. The third-order valence-corrected chi connectivity index (χ3v) is 7.20. The minimum Gasteiger partial charge on any atom is -0.335 e. The number of rotatable bonds is 6. The zero-order valence-corrected chi connectivity index (χ0v) is 17.1. The third kappa shape index (κ3) is 4.99. The van der Waals surface area contributed by atoms with Crippen molar-refractivity contribution in [2.24, 2.45) is 0 Å². The molecule has 2 fully saturated rings. The number of halogens is 2. The van der Waals surface area contributed by atoms with E-state index in [-0.39, 0.29) is 35.8 Å². The maximum absolute atomic E-state index is 13.0. The highest BCUT2D eigenvalue weighted by molar-refractivity contribution is 7.89. The highest BCUT2D eigenvalue weighted by Gasteiger charge is 2.37. The fourth-order valence-electron chi connectivity index (χ4n) is 3.88. The Morgan fingerprint density at radius 2 is 1.89 bits per heavy atom. The van der Waals surface area contributed by atoms with Crippen molar-refractivity contribution in [1.82, 2.24) is 14.5 Å². The van der Waals surface area contributed by atoms with Crippen molar-refractivity contribution >= 4 is 28.3 Å². The standard InChI is InChI=1S/C18H26FN3O3S.ClH/c1-21(26(24,25)17-8-4-14(19)5-9-17)12-2-3-18(23)22-15-6-7-16(22)13-20-11-10-15;/h4-5,8-9,15-16,20H,2-3,6-7,10-13H2,1H3;1H. The van der Waals surface area contributed by atoms with Crippen molar-refractivity contribution < 1.29 is 17.6 Å². The molecule has 2 heterocycles. The lowest BCUT2D eigenvalue weighted by Gasteiger charge is -2.28. The highest BCUT2D eigenvalue weighted by atomic mass is 35.5. The monoisotopic (exact) mass is 419 g/mol. The van der Waals surface area contributed by atoms with Crippen LogP contribution in [-0.4, -0.2) is 62.3 Å². The largest absolute Gasteiger partial charge is 0.335 e. The summed E-state index contributed by atoms with van der Waals surface area (Å²) in [5.74, 6) is -0.354. The van der Waals surface area contributed by atoms with Crippen LogP contribution in [0.3, 0.4) is 0 Å². The summed E-state index contributed by atoms with van der Waals surface area (Å²) in [6.45, 7) is 2.05. The van der Waals surface area contributed by atoms with Crippen molar-refractivity contribution in [1.29, 1.82) is 0 Å². The Morgan fingerprint density at radius 1 is 1.22 bits per heavy atom. The van der Waals surface area contributed by atoms with E-state index in [0.717, 1.165) is 44.5 Å². The van der Waals surface area contributed by atoms with E-state index in [2.05, 4.69) is 5.32 Å². The Morgan fingerprint density at radius 3 is 2.59 bits per heavy atom. The summed E-state index contributed by atoms with van der Waals surface area (Å²) >= 11 is 0. The van der Waals surface area contributed by atoms with Gasteiger partial charge in [-0.15, -0.1) is 12.4 Å². The smallest absolute Gasteiger partial charge is 0.242 e. The van der Waals surface area contributed by atoms with Crippen molar-refractivity contribution in [3.8, 4) is 0 Å². The maximum atomic E-state index is 13.0. The Hall–Kier alpha value is -1.22. The molecule has 0 saturated carbocycles. The zero-order valence-electron chi connectivity index (χ0n) is 15.4. The van der Waals surface area contributed by atoms with Gasteiger partial charge >= 0.3 is 0 Å². The van der Waals surface area contributed by atoms with Crippen LogP contribution in [0.15, 0.2) is 29.2 Å². The van der Waals surface area contributed by atoms with Crippen molar-refractivity contribution in [2.75, 3.05) is 26.7 Å². The average molecular weight is 420 g/mol. The van der Waals surface area contributed by atoms with Crippen LogP contribution >= 0.6 is 12.4 Å². The van der Waals surface area contributed by atoms with Crippen molar-refractivity contribution in [3.05, 3.63) is 30.1 Å². The molecule has 1 aromatic carbocycles. The molecular formula is C18H27ClFN3O3S. The van der Waals surface area contributed by atoms with Crippen LogP contribution in [-0.2, 0) is 14.8 Å². The molecule has 152 valence electrons.